The number of primary amides is 1. The minimum atomic E-state index is -2.81. The number of hydrogen-bond donors (Lipinski definition) is 2. The van der Waals surface area contributed by atoms with E-state index in [1.165, 1.54) is 6.07 Å². The number of hydrogen-bond acceptors (Lipinski definition) is 5. The van der Waals surface area contributed by atoms with Crippen molar-refractivity contribution >= 4 is 31.0 Å². The van der Waals surface area contributed by atoms with Gasteiger partial charge in [0.2, 0.25) is 0 Å². The molecule has 0 fully saturated rings. The summed E-state index contributed by atoms with van der Waals surface area (Å²) in [6.45, 7) is 11.8. The first kappa shape index (κ1) is 34.0. The van der Waals surface area contributed by atoms with E-state index >= 15 is 0 Å². The lowest BCUT2D eigenvalue weighted by atomic mass is 9.93. The number of benzene rings is 3. The number of aliphatic hydroxyl groups is 1. The number of nitriles is 1. The van der Waals surface area contributed by atoms with E-state index in [1.807, 2.05) is 36.4 Å². The fourth-order valence-corrected chi connectivity index (χ4v) is 9.96. The summed E-state index contributed by atoms with van der Waals surface area (Å²) in [6.07, 6.45) is -0.771. The first-order valence-corrected chi connectivity index (χ1v) is 16.4. The number of aliphatic hydroxyl groups excluding tert-OH is 1. The van der Waals surface area contributed by atoms with Gasteiger partial charge in [-0.3, -0.25) is 9.69 Å². The van der Waals surface area contributed by atoms with E-state index in [9.17, 15) is 20.0 Å². The molecule has 0 aliphatic heterocycles. The van der Waals surface area contributed by atoms with Crippen LogP contribution in [-0.2, 0) is 9.22 Å². The van der Waals surface area contributed by atoms with Crippen LogP contribution in [0.15, 0.2) is 90.1 Å². The highest BCUT2D eigenvalue weighted by Gasteiger charge is 2.50. The fourth-order valence-electron chi connectivity index (χ4n) is 5.52. The first-order chi connectivity index (χ1) is 20.9. The lowest BCUT2D eigenvalue weighted by molar-refractivity contribution is -0.105. The summed E-state index contributed by atoms with van der Waals surface area (Å²) >= 11 is 0. The number of aryl methyl sites for hydroxylation is 1. The average molecular weight is 608 g/mol. The van der Waals surface area contributed by atoms with Crippen LogP contribution in [0.3, 0.4) is 0 Å². The predicted octanol–water partition coefficient (Wildman–Crippen LogP) is 4.97. The van der Waals surface area contributed by atoms with Crippen molar-refractivity contribution in [1.82, 2.24) is 4.90 Å². The number of amides is 2. The van der Waals surface area contributed by atoms with E-state index in [0.717, 1.165) is 20.8 Å². The van der Waals surface area contributed by atoms with Crippen molar-refractivity contribution in [2.24, 2.45) is 11.7 Å². The van der Waals surface area contributed by atoms with Crippen molar-refractivity contribution in [2.75, 3.05) is 13.2 Å². The summed E-state index contributed by atoms with van der Waals surface area (Å²) < 4.78 is 6.81. The Morgan fingerprint density at radius 3 is 2.05 bits per heavy atom. The Bertz CT molecular complexity index is 1550. The Morgan fingerprint density at radius 1 is 1.02 bits per heavy atom. The van der Waals surface area contributed by atoms with E-state index in [-0.39, 0.29) is 35.4 Å². The molecule has 3 aromatic carbocycles. The van der Waals surface area contributed by atoms with E-state index in [4.69, 9.17) is 10.2 Å². The van der Waals surface area contributed by atoms with Crippen LogP contribution in [0.2, 0.25) is 5.04 Å². The van der Waals surface area contributed by atoms with Crippen molar-refractivity contribution in [2.45, 2.75) is 52.7 Å². The Kier molecular flexibility index (Phi) is 11.5. The molecule has 8 heteroatoms. The number of aldehydes is 1. The zero-order chi connectivity index (χ0) is 32.5. The van der Waals surface area contributed by atoms with Gasteiger partial charge in [0.15, 0.2) is 0 Å². The molecule has 0 radical (unpaired) electrons. The number of nitrogens with two attached hydrogens (primary N) is 1. The number of carbonyl (C=O) groups excluding carboxylic acids is 2. The number of rotatable bonds is 10. The number of carbonyl (C=O) groups is 2. The fraction of sp³-hybridized carbons (Fsp3) is 0.306. The van der Waals surface area contributed by atoms with E-state index in [2.05, 4.69) is 62.9 Å². The lowest BCUT2D eigenvalue weighted by Gasteiger charge is -2.42. The van der Waals surface area contributed by atoms with Gasteiger partial charge >= 0.3 is 6.03 Å². The molecule has 3 N–H and O–H groups in total. The molecule has 0 bridgehead atoms. The molecule has 3 rings (SSSR count). The molecule has 0 aliphatic rings. The second-order valence-electron chi connectivity index (χ2n) is 12.0. The monoisotopic (exact) mass is 607 g/mol. The molecule has 44 heavy (non-hydrogen) atoms. The van der Waals surface area contributed by atoms with Crippen molar-refractivity contribution in [1.29, 1.82) is 5.26 Å². The third kappa shape index (κ3) is 7.53. The van der Waals surface area contributed by atoms with Gasteiger partial charge in [0.25, 0.3) is 8.32 Å². The zero-order valence-corrected chi connectivity index (χ0v) is 27.3. The lowest BCUT2D eigenvalue weighted by Crippen LogP contribution is -2.66. The molecule has 0 aromatic heterocycles. The molecule has 0 saturated carbocycles. The van der Waals surface area contributed by atoms with Crippen molar-refractivity contribution in [3.63, 3.8) is 0 Å². The number of nitrogens with zero attached hydrogens (tertiary/aromatic N) is 2. The predicted molar refractivity (Wildman–Crippen MR) is 176 cm³/mol. The average Bonchev–Trinajstić information content (AvgIpc) is 2.99. The van der Waals surface area contributed by atoms with Crippen LogP contribution < -0.4 is 16.1 Å². The molecule has 0 heterocycles. The smallest absolute Gasteiger partial charge is 0.319 e. The van der Waals surface area contributed by atoms with Crippen molar-refractivity contribution < 1.29 is 19.1 Å². The Morgan fingerprint density at radius 2 is 1.59 bits per heavy atom. The third-order valence-electron chi connectivity index (χ3n) is 7.54. The standard InChI is InChI=1S/C36H41N3O4Si/c1-26(2)32(25-40)33(34(41)29-22-27(3)21-28(23-29)24-37)39(35(38)42)19-13-14-20-43-44(36(4,5)6,30-15-9-7-10-16-30)31-17-11-8-12-18-31/h7-12,15-18,21-23,25-26,34,41H,19-20H2,1-6H3,(H2,38,42)/b33-32+. The maximum Gasteiger partial charge on any atom is 0.319 e. The van der Waals surface area contributed by atoms with E-state index in [0.29, 0.717) is 17.4 Å². The zero-order valence-electron chi connectivity index (χ0n) is 26.3. The van der Waals surface area contributed by atoms with Gasteiger partial charge in [0.1, 0.15) is 12.4 Å². The van der Waals surface area contributed by atoms with E-state index < -0.39 is 20.5 Å². The summed E-state index contributed by atoms with van der Waals surface area (Å²) in [5, 5.41) is 23.0. The minimum Gasteiger partial charge on any atom is -0.396 e. The SMILES string of the molecule is Cc1cc(C#N)cc(C(O)/C(=C(/C=O)C(C)C)N(CC#CCO[Si](c2ccccc2)(c2ccccc2)C(C)(C)C)C(N)=O)c1. The van der Waals surface area contributed by atoms with Gasteiger partial charge in [0, 0.05) is 5.57 Å². The molecular formula is C36H41N3O4Si. The Balaban J connectivity index is 2.01. The van der Waals surface area contributed by atoms with Crippen LogP contribution in [-0.4, -0.2) is 43.8 Å². The molecule has 2 amide bonds. The summed E-state index contributed by atoms with van der Waals surface area (Å²) in [5.74, 6) is 5.73. The molecule has 228 valence electrons. The summed E-state index contributed by atoms with van der Waals surface area (Å²) in [6, 6.07) is 26.5. The molecule has 0 spiro atoms. The Labute approximate surface area is 262 Å². The van der Waals surface area contributed by atoms with Gasteiger partial charge in [-0.1, -0.05) is 113 Å². The van der Waals surface area contributed by atoms with Gasteiger partial charge in [0.05, 0.1) is 30.5 Å². The van der Waals surface area contributed by atoms with Gasteiger partial charge < -0.3 is 15.3 Å². The largest absolute Gasteiger partial charge is 0.396 e. The maximum absolute atomic E-state index is 12.8. The summed E-state index contributed by atoms with van der Waals surface area (Å²) in [7, 11) is -2.81. The Hall–Kier alpha value is -4.47. The van der Waals surface area contributed by atoms with Crippen LogP contribution in [0.5, 0.6) is 0 Å². The highest BCUT2D eigenvalue weighted by atomic mass is 28.4. The van der Waals surface area contributed by atoms with Crippen LogP contribution in [0, 0.1) is 36.0 Å². The third-order valence-corrected chi connectivity index (χ3v) is 12.5. The first-order valence-electron chi connectivity index (χ1n) is 14.5. The van der Waals surface area contributed by atoms with Crippen LogP contribution in [0.25, 0.3) is 0 Å². The molecule has 0 aliphatic carbocycles. The molecule has 7 nitrogen and oxygen atoms in total. The minimum absolute atomic E-state index is 0.0409. The summed E-state index contributed by atoms with van der Waals surface area (Å²) in [5.41, 5.74) is 7.52. The van der Waals surface area contributed by atoms with Gasteiger partial charge in [-0.25, -0.2) is 4.79 Å². The van der Waals surface area contributed by atoms with Crippen LogP contribution in [0.4, 0.5) is 4.79 Å². The highest BCUT2D eigenvalue weighted by Crippen LogP contribution is 2.36. The van der Waals surface area contributed by atoms with Gasteiger partial charge in [-0.05, 0) is 51.5 Å². The highest BCUT2D eigenvalue weighted by molar-refractivity contribution is 6.99. The molecule has 0 saturated heterocycles. The second-order valence-corrected chi connectivity index (χ2v) is 16.3. The van der Waals surface area contributed by atoms with Crippen LogP contribution in [0.1, 0.15) is 57.4 Å². The molecule has 1 unspecified atom stereocenters. The van der Waals surface area contributed by atoms with Crippen LogP contribution >= 0.6 is 0 Å². The molecule has 1 atom stereocenters. The van der Waals surface area contributed by atoms with E-state index in [1.54, 1.807) is 32.9 Å². The maximum atomic E-state index is 12.8. The summed E-state index contributed by atoms with van der Waals surface area (Å²) in [4.78, 5) is 26.1. The topological polar surface area (TPSA) is 117 Å². The number of allylic oxidation sites excluding steroid dienone is 1. The molecule has 3 aromatic rings. The number of urea groups is 1. The second kappa shape index (κ2) is 14.8. The van der Waals surface area contributed by atoms with Crippen molar-refractivity contribution in [3.05, 3.63) is 107 Å². The van der Waals surface area contributed by atoms with Crippen molar-refractivity contribution in [3.8, 4) is 17.9 Å². The quantitative estimate of drug-likeness (QED) is 0.146. The van der Waals surface area contributed by atoms with Gasteiger partial charge in [-0.2, -0.15) is 5.26 Å². The normalized spacial score (nSPS) is 12.8. The molecular weight excluding hydrogens is 566 g/mol. The van der Waals surface area contributed by atoms with Gasteiger partial charge in [-0.15, -0.1) is 0 Å².